The number of para-hydroxylation sites is 3. The molecule has 0 atom stereocenters. The Bertz CT molecular complexity index is 563. The van der Waals surface area contributed by atoms with E-state index in [0.717, 1.165) is 6.07 Å². The molecule has 2 rings (SSSR count). The van der Waals surface area contributed by atoms with Crippen LogP contribution in [0.4, 0.5) is 5.69 Å². The molecule has 0 fully saturated rings. The van der Waals surface area contributed by atoms with Crippen molar-refractivity contribution in [1.82, 2.24) is 0 Å². The van der Waals surface area contributed by atoms with E-state index in [4.69, 9.17) is 20.4 Å². The van der Waals surface area contributed by atoms with Gasteiger partial charge in [0.1, 0.15) is 0 Å². The fraction of sp³-hybridized carbons (Fsp3) is 0. The second kappa shape index (κ2) is 6.10. The molecule has 100 valence electrons. The lowest BCUT2D eigenvalue weighted by molar-refractivity contribution is -0.386. The van der Waals surface area contributed by atoms with E-state index >= 15 is 0 Å². The van der Waals surface area contributed by atoms with Crippen LogP contribution in [0.25, 0.3) is 0 Å². The number of hydrogen-bond acceptors (Lipinski definition) is 6. The number of hydrogen-bond donors (Lipinski definition) is 4. The molecule has 0 saturated carbocycles. The second-order valence-electron chi connectivity index (χ2n) is 3.39. The van der Waals surface area contributed by atoms with Crippen molar-refractivity contribution in [2.75, 3.05) is 0 Å². The lowest BCUT2D eigenvalue weighted by Crippen LogP contribution is -1.87. The number of nitro benzene ring substituents is 1. The highest BCUT2D eigenvalue weighted by Gasteiger charge is 2.14. The average Bonchev–Trinajstić information content (AvgIpc) is 2.37. The molecule has 4 N–H and O–H groups in total. The van der Waals surface area contributed by atoms with Gasteiger partial charge in [-0.1, -0.05) is 18.2 Å². The Morgan fingerprint density at radius 1 is 0.789 bits per heavy atom. The van der Waals surface area contributed by atoms with E-state index < -0.39 is 22.1 Å². The lowest BCUT2D eigenvalue weighted by atomic mass is 10.3. The van der Waals surface area contributed by atoms with Crippen molar-refractivity contribution in [3.63, 3.8) is 0 Å². The smallest absolute Gasteiger partial charge is 0.314 e. The number of phenolic OH excluding ortho intramolecular Hbond substituents is 4. The molecule has 7 nitrogen and oxygen atoms in total. The van der Waals surface area contributed by atoms with Gasteiger partial charge in [0.15, 0.2) is 17.2 Å². The fourth-order valence-corrected chi connectivity index (χ4v) is 1.13. The van der Waals surface area contributed by atoms with Crippen molar-refractivity contribution in [3.8, 4) is 23.0 Å². The molecule has 19 heavy (non-hydrogen) atoms. The standard InChI is InChI=1S/C6H5NO4.C6H6O2/c8-5-3-1-2-4(6(5)9)7(10)11;7-5-3-1-2-4-6(5)8/h1-3,8-9H;1-4,7-8H. The van der Waals surface area contributed by atoms with E-state index in [1.54, 1.807) is 12.1 Å². The summed E-state index contributed by atoms with van der Waals surface area (Å²) in [5.74, 6) is -1.34. The van der Waals surface area contributed by atoms with Crippen LogP contribution in [0, 0.1) is 10.1 Å². The van der Waals surface area contributed by atoms with E-state index in [1.165, 1.54) is 24.3 Å². The summed E-state index contributed by atoms with van der Waals surface area (Å²) in [4.78, 5) is 9.34. The van der Waals surface area contributed by atoms with Crippen LogP contribution in [-0.4, -0.2) is 25.3 Å². The highest BCUT2D eigenvalue weighted by atomic mass is 16.6. The zero-order valence-corrected chi connectivity index (χ0v) is 9.59. The van der Waals surface area contributed by atoms with Crippen molar-refractivity contribution >= 4 is 5.69 Å². The van der Waals surface area contributed by atoms with Crippen LogP contribution in [-0.2, 0) is 0 Å². The Labute approximate surface area is 107 Å². The minimum absolute atomic E-state index is 0.0764. The molecular formula is C12H11NO6. The van der Waals surface area contributed by atoms with Gasteiger partial charge in [0.2, 0.25) is 5.75 Å². The van der Waals surface area contributed by atoms with E-state index in [-0.39, 0.29) is 11.5 Å². The number of rotatable bonds is 1. The van der Waals surface area contributed by atoms with E-state index in [2.05, 4.69) is 0 Å². The van der Waals surface area contributed by atoms with Crippen LogP contribution in [0.1, 0.15) is 0 Å². The molecule has 0 bridgehead atoms. The summed E-state index contributed by atoms with van der Waals surface area (Å²) in [6.07, 6.45) is 0. The normalized spacial score (nSPS) is 9.26. The molecule has 0 spiro atoms. The van der Waals surface area contributed by atoms with Crippen LogP contribution in [0.15, 0.2) is 42.5 Å². The molecule has 0 unspecified atom stereocenters. The summed E-state index contributed by atoms with van der Waals surface area (Å²) in [6, 6.07) is 9.71. The van der Waals surface area contributed by atoms with Crippen LogP contribution in [0.3, 0.4) is 0 Å². The van der Waals surface area contributed by atoms with Gasteiger partial charge in [0, 0.05) is 6.07 Å². The van der Waals surface area contributed by atoms with E-state index in [1.807, 2.05) is 0 Å². The van der Waals surface area contributed by atoms with Crippen LogP contribution in [0.5, 0.6) is 23.0 Å². The van der Waals surface area contributed by atoms with Gasteiger partial charge in [-0.3, -0.25) is 10.1 Å². The largest absolute Gasteiger partial charge is 0.504 e. The lowest BCUT2D eigenvalue weighted by Gasteiger charge is -1.96. The molecular weight excluding hydrogens is 254 g/mol. The van der Waals surface area contributed by atoms with Gasteiger partial charge in [-0.25, -0.2) is 0 Å². The van der Waals surface area contributed by atoms with Crippen molar-refractivity contribution in [2.45, 2.75) is 0 Å². The molecule has 7 heteroatoms. The van der Waals surface area contributed by atoms with Crippen LogP contribution in [0.2, 0.25) is 0 Å². The molecule has 2 aromatic rings. The third kappa shape index (κ3) is 3.77. The fourth-order valence-electron chi connectivity index (χ4n) is 1.13. The van der Waals surface area contributed by atoms with Gasteiger partial charge >= 0.3 is 5.69 Å². The monoisotopic (exact) mass is 265 g/mol. The summed E-state index contributed by atoms with van der Waals surface area (Å²) < 4.78 is 0. The predicted molar refractivity (Wildman–Crippen MR) is 66.2 cm³/mol. The Hall–Kier alpha value is -2.96. The molecule has 0 aliphatic carbocycles. The van der Waals surface area contributed by atoms with Gasteiger partial charge < -0.3 is 20.4 Å². The summed E-state index contributed by atoms with van der Waals surface area (Å²) in [7, 11) is 0. The Kier molecular flexibility index (Phi) is 4.53. The maximum atomic E-state index is 10.1. The first kappa shape index (κ1) is 14.1. The highest BCUT2D eigenvalue weighted by molar-refractivity contribution is 5.53. The summed E-state index contributed by atoms with van der Waals surface area (Å²) >= 11 is 0. The second-order valence-corrected chi connectivity index (χ2v) is 3.39. The molecule has 0 aliphatic heterocycles. The molecule has 0 aliphatic rings. The third-order valence-electron chi connectivity index (χ3n) is 2.07. The first-order chi connectivity index (χ1) is 8.93. The number of benzene rings is 2. The Balaban J connectivity index is 0.000000200. The number of nitro groups is 1. The number of aromatic hydroxyl groups is 4. The molecule has 0 amide bonds. The van der Waals surface area contributed by atoms with Gasteiger partial charge in [-0.05, 0) is 18.2 Å². The van der Waals surface area contributed by atoms with Gasteiger partial charge in [0.05, 0.1) is 4.92 Å². The summed E-state index contributed by atoms with van der Waals surface area (Å²) in [5.41, 5.74) is -0.495. The number of nitrogens with zero attached hydrogens (tertiary/aromatic N) is 1. The van der Waals surface area contributed by atoms with Crippen LogP contribution < -0.4 is 0 Å². The summed E-state index contributed by atoms with van der Waals surface area (Å²) in [6.45, 7) is 0. The maximum absolute atomic E-state index is 10.1. The molecule has 0 radical (unpaired) electrons. The SMILES string of the molecule is O=[N+]([O-])c1cccc(O)c1O.Oc1ccccc1O. The quantitative estimate of drug-likeness (QED) is 0.355. The van der Waals surface area contributed by atoms with E-state index in [0.29, 0.717) is 0 Å². The van der Waals surface area contributed by atoms with Gasteiger partial charge in [-0.2, -0.15) is 0 Å². The minimum atomic E-state index is -0.769. The molecule has 0 aromatic heterocycles. The van der Waals surface area contributed by atoms with Gasteiger partial charge in [-0.15, -0.1) is 0 Å². The van der Waals surface area contributed by atoms with E-state index in [9.17, 15) is 10.1 Å². The maximum Gasteiger partial charge on any atom is 0.314 e. The van der Waals surface area contributed by atoms with Crippen molar-refractivity contribution in [1.29, 1.82) is 0 Å². The molecule has 0 saturated heterocycles. The summed E-state index contributed by atoms with van der Waals surface area (Å²) in [5, 5.41) is 45.1. The highest BCUT2D eigenvalue weighted by Crippen LogP contribution is 2.33. The Morgan fingerprint density at radius 3 is 1.63 bits per heavy atom. The average molecular weight is 265 g/mol. The minimum Gasteiger partial charge on any atom is -0.504 e. The zero-order valence-electron chi connectivity index (χ0n) is 9.59. The molecule has 2 aromatic carbocycles. The van der Waals surface area contributed by atoms with Crippen molar-refractivity contribution < 1.29 is 25.3 Å². The first-order valence-corrected chi connectivity index (χ1v) is 5.05. The third-order valence-corrected chi connectivity index (χ3v) is 2.07. The Morgan fingerprint density at radius 2 is 1.26 bits per heavy atom. The zero-order chi connectivity index (χ0) is 14.4. The van der Waals surface area contributed by atoms with Crippen molar-refractivity contribution in [2.24, 2.45) is 0 Å². The van der Waals surface area contributed by atoms with Gasteiger partial charge in [0.25, 0.3) is 0 Å². The topological polar surface area (TPSA) is 124 Å². The van der Waals surface area contributed by atoms with Crippen LogP contribution >= 0.6 is 0 Å². The van der Waals surface area contributed by atoms with Crippen molar-refractivity contribution in [3.05, 3.63) is 52.6 Å². The molecule has 0 heterocycles. The predicted octanol–water partition coefficient (Wildman–Crippen LogP) is 2.10. The number of phenols is 4. The first-order valence-electron chi connectivity index (χ1n) is 5.05.